The lowest BCUT2D eigenvalue weighted by Gasteiger charge is -2.33. The van der Waals surface area contributed by atoms with Gasteiger partial charge in [0.1, 0.15) is 11.5 Å². The van der Waals surface area contributed by atoms with Crippen LogP contribution < -0.4 is 5.73 Å². The number of nitrogen functional groups attached to an aromatic ring is 1. The smallest absolute Gasteiger partial charge is 0.295 e. The molecule has 7 heteroatoms. The first-order chi connectivity index (χ1) is 9.41. The lowest BCUT2D eigenvalue weighted by atomic mass is 10.0. The second-order valence-electron chi connectivity index (χ2n) is 4.99. The van der Waals surface area contributed by atoms with E-state index in [2.05, 4.69) is 0 Å². The van der Waals surface area contributed by atoms with E-state index < -0.39 is 22.3 Å². The van der Waals surface area contributed by atoms with Crippen LogP contribution in [0.5, 0.6) is 0 Å². The molecule has 1 amide bonds. The van der Waals surface area contributed by atoms with Crippen molar-refractivity contribution >= 4 is 17.3 Å². The maximum Gasteiger partial charge on any atom is 0.295 e. The van der Waals surface area contributed by atoms with Crippen LogP contribution in [0.2, 0.25) is 0 Å². The van der Waals surface area contributed by atoms with Gasteiger partial charge in [-0.3, -0.25) is 14.9 Å². The monoisotopic (exact) mass is 281 g/mol. The molecule has 20 heavy (non-hydrogen) atoms. The number of nitro benzene ring substituents is 1. The van der Waals surface area contributed by atoms with Gasteiger partial charge in [-0.25, -0.2) is 4.39 Å². The number of amides is 1. The third kappa shape index (κ3) is 2.56. The fraction of sp³-hybridized carbons (Fsp3) is 0.462. The van der Waals surface area contributed by atoms with Crippen LogP contribution in [0.1, 0.15) is 36.5 Å². The lowest BCUT2D eigenvalue weighted by Crippen LogP contribution is -2.42. The van der Waals surface area contributed by atoms with E-state index in [0.29, 0.717) is 6.54 Å². The second kappa shape index (κ2) is 5.44. The highest BCUT2D eigenvalue weighted by molar-refractivity contribution is 6.01. The minimum absolute atomic E-state index is 0.0259. The van der Waals surface area contributed by atoms with Crippen molar-refractivity contribution in [3.8, 4) is 0 Å². The Morgan fingerprint density at radius 2 is 2.20 bits per heavy atom. The van der Waals surface area contributed by atoms with Crippen molar-refractivity contribution in [2.45, 2.75) is 32.2 Å². The molecule has 2 rings (SSSR count). The van der Waals surface area contributed by atoms with E-state index in [1.807, 2.05) is 6.92 Å². The number of hydrogen-bond acceptors (Lipinski definition) is 4. The fourth-order valence-electron chi connectivity index (χ4n) is 2.49. The standard InChI is InChI=1S/C13H16FN3O3/c1-8-4-2-3-5-16(8)13(18)10-6-9(14)7-11(12(10)15)17(19)20/h6-8H,2-5,15H2,1H3. The SMILES string of the molecule is CC1CCCCN1C(=O)c1cc(F)cc([N+](=O)[O-])c1N. The molecular weight excluding hydrogens is 265 g/mol. The van der Waals surface area contributed by atoms with E-state index in [1.165, 1.54) is 0 Å². The van der Waals surface area contributed by atoms with Crippen LogP contribution in [-0.4, -0.2) is 28.3 Å². The molecule has 1 aromatic rings. The van der Waals surface area contributed by atoms with Gasteiger partial charge >= 0.3 is 0 Å². The zero-order valence-corrected chi connectivity index (χ0v) is 11.1. The van der Waals surface area contributed by atoms with Gasteiger partial charge in [-0.1, -0.05) is 0 Å². The molecule has 0 radical (unpaired) electrons. The summed E-state index contributed by atoms with van der Waals surface area (Å²) in [4.78, 5) is 24.1. The minimum Gasteiger partial charge on any atom is -0.393 e. The Morgan fingerprint density at radius 1 is 1.50 bits per heavy atom. The molecular formula is C13H16FN3O3. The van der Waals surface area contributed by atoms with E-state index in [9.17, 15) is 19.3 Å². The summed E-state index contributed by atoms with van der Waals surface area (Å²) in [5.41, 5.74) is 4.67. The Bertz CT molecular complexity index is 562. The Morgan fingerprint density at radius 3 is 2.80 bits per heavy atom. The van der Waals surface area contributed by atoms with Gasteiger partial charge < -0.3 is 10.6 Å². The minimum atomic E-state index is -0.834. The molecule has 0 spiro atoms. The summed E-state index contributed by atoms with van der Waals surface area (Å²) in [5, 5.41) is 10.8. The normalized spacial score (nSPS) is 18.9. The number of nitrogens with zero attached hydrogens (tertiary/aromatic N) is 2. The number of halogens is 1. The third-order valence-electron chi connectivity index (χ3n) is 3.61. The van der Waals surface area contributed by atoms with E-state index >= 15 is 0 Å². The average Bonchev–Trinajstić information content (AvgIpc) is 2.40. The number of piperidine rings is 1. The Labute approximate surface area is 115 Å². The second-order valence-corrected chi connectivity index (χ2v) is 4.99. The van der Waals surface area contributed by atoms with Crippen molar-refractivity contribution in [2.24, 2.45) is 0 Å². The molecule has 0 aromatic heterocycles. The molecule has 1 heterocycles. The zero-order valence-electron chi connectivity index (χ0n) is 11.1. The van der Waals surface area contributed by atoms with Crippen LogP contribution in [0.15, 0.2) is 12.1 Å². The summed E-state index contributed by atoms with van der Waals surface area (Å²) in [6, 6.07) is 1.72. The van der Waals surface area contributed by atoms with Crippen LogP contribution in [0.4, 0.5) is 15.8 Å². The molecule has 2 N–H and O–H groups in total. The van der Waals surface area contributed by atoms with Gasteiger partial charge in [-0.15, -0.1) is 0 Å². The van der Waals surface area contributed by atoms with Crippen LogP contribution in [-0.2, 0) is 0 Å². The molecule has 0 aliphatic carbocycles. The molecule has 1 aliphatic rings. The van der Waals surface area contributed by atoms with Gasteiger partial charge in [-0.05, 0) is 32.3 Å². The summed E-state index contributed by atoms with van der Waals surface area (Å²) in [6.07, 6.45) is 2.76. The van der Waals surface area contributed by atoms with Crippen molar-refractivity contribution in [1.82, 2.24) is 4.90 Å². The number of carbonyl (C=O) groups excluding carboxylic acids is 1. The van der Waals surface area contributed by atoms with Crippen molar-refractivity contribution < 1.29 is 14.1 Å². The van der Waals surface area contributed by atoms with Gasteiger partial charge in [0.2, 0.25) is 0 Å². The quantitative estimate of drug-likeness (QED) is 0.512. The maximum absolute atomic E-state index is 13.5. The van der Waals surface area contributed by atoms with Crippen molar-refractivity contribution in [3.63, 3.8) is 0 Å². The van der Waals surface area contributed by atoms with E-state index in [4.69, 9.17) is 5.73 Å². The van der Waals surface area contributed by atoms with E-state index in [0.717, 1.165) is 31.4 Å². The van der Waals surface area contributed by atoms with Crippen LogP contribution >= 0.6 is 0 Å². The molecule has 1 aliphatic heterocycles. The predicted octanol–water partition coefficient (Wildman–Crippen LogP) is 2.33. The highest BCUT2D eigenvalue weighted by atomic mass is 19.1. The first-order valence-electron chi connectivity index (χ1n) is 6.46. The molecule has 0 bridgehead atoms. The first kappa shape index (κ1) is 14.2. The van der Waals surface area contributed by atoms with Gasteiger partial charge in [0, 0.05) is 12.6 Å². The summed E-state index contributed by atoms with van der Waals surface area (Å²) in [7, 11) is 0. The van der Waals surface area contributed by atoms with Gasteiger partial charge in [0.05, 0.1) is 16.6 Å². The summed E-state index contributed by atoms with van der Waals surface area (Å²) >= 11 is 0. The topological polar surface area (TPSA) is 89.5 Å². The number of hydrogen-bond donors (Lipinski definition) is 1. The number of benzene rings is 1. The predicted molar refractivity (Wildman–Crippen MR) is 71.8 cm³/mol. The lowest BCUT2D eigenvalue weighted by molar-refractivity contribution is -0.384. The number of nitro groups is 1. The number of likely N-dealkylation sites (tertiary alicyclic amines) is 1. The third-order valence-corrected chi connectivity index (χ3v) is 3.61. The van der Waals surface area contributed by atoms with E-state index in [1.54, 1.807) is 4.90 Å². The zero-order chi connectivity index (χ0) is 14.9. The molecule has 0 saturated carbocycles. The van der Waals surface area contributed by atoms with Crippen molar-refractivity contribution in [2.75, 3.05) is 12.3 Å². The Balaban J connectivity index is 2.41. The molecule has 1 unspecified atom stereocenters. The largest absolute Gasteiger partial charge is 0.393 e. The van der Waals surface area contributed by atoms with Gasteiger partial charge in [-0.2, -0.15) is 0 Å². The highest BCUT2D eigenvalue weighted by Crippen LogP contribution is 2.29. The molecule has 108 valence electrons. The first-order valence-corrected chi connectivity index (χ1v) is 6.46. The summed E-state index contributed by atoms with van der Waals surface area (Å²) < 4.78 is 13.5. The molecule has 1 fully saturated rings. The molecule has 1 atom stereocenters. The van der Waals surface area contributed by atoms with Gasteiger partial charge in [0.25, 0.3) is 11.6 Å². The molecule has 6 nitrogen and oxygen atoms in total. The molecule has 1 saturated heterocycles. The van der Waals surface area contributed by atoms with Crippen molar-refractivity contribution in [3.05, 3.63) is 33.6 Å². The fourth-order valence-corrected chi connectivity index (χ4v) is 2.49. The van der Waals surface area contributed by atoms with Crippen LogP contribution in [0.3, 0.4) is 0 Å². The highest BCUT2D eigenvalue weighted by Gasteiger charge is 2.28. The number of rotatable bonds is 2. The van der Waals surface area contributed by atoms with Crippen LogP contribution in [0, 0.1) is 15.9 Å². The van der Waals surface area contributed by atoms with Crippen molar-refractivity contribution in [1.29, 1.82) is 0 Å². The van der Waals surface area contributed by atoms with Gasteiger partial charge in [0.15, 0.2) is 0 Å². The number of anilines is 1. The molecule has 1 aromatic carbocycles. The maximum atomic E-state index is 13.5. The summed E-state index contributed by atoms with van der Waals surface area (Å²) in [6.45, 7) is 2.46. The average molecular weight is 281 g/mol. The van der Waals surface area contributed by atoms with E-state index in [-0.39, 0.29) is 17.3 Å². The Kier molecular flexibility index (Phi) is 3.87. The Hall–Kier alpha value is -2.18. The number of nitrogens with two attached hydrogens (primary N) is 1. The summed E-state index contributed by atoms with van der Waals surface area (Å²) in [5.74, 6) is -1.28. The number of carbonyl (C=O) groups is 1. The van der Waals surface area contributed by atoms with Crippen LogP contribution in [0.25, 0.3) is 0 Å².